The fraction of sp³-hybridized carbons (Fsp3) is 0.263. The number of primary amides is 1. The highest BCUT2D eigenvalue weighted by molar-refractivity contribution is 6.28. The highest BCUT2D eigenvalue weighted by atomic mass is 19.1. The fourth-order valence-electron chi connectivity index (χ4n) is 3.43. The van der Waals surface area contributed by atoms with Crippen molar-refractivity contribution in [3.05, 3.63) is 64.9 Å². The predicted octanol–water partition coefficient (Wildman–Crippen LogP) is 1.79. The van der Waals surface area contributed by atoms with Gasteiger partial charge in [-0.1, -0.05) is 12.1 Å². The van der Waals surface area contributed by atoms with E-state index in [2.05, 4.69) is 18.5 Å². The van der Waals surface area contributed by atoms with Crippen molar-refractivity contribution in [1.82, 2.24) is 5.32 Å². The van der Waals surface area contributed by atoms with Crippen molar-refractivity contribution in [2.24, 2.45) is 5.73 Å². The molecule has 5 N–H and O–H groups in total. The first-order valence-electron chi connectivity index (χ1n) is 8.76. The van der Waals surface area contributed by atoms with Gasteiger partial charge in [-0.05, 0) is 61.1 Å². The zero-order chi connectivity index (χ0) is 19.6. The van der Waals surface area contributed by atoms with Crippen molar-refractivity contribution in [2.45, 2.75) is 18.2 Å². The van der Waals surface area contributed by atoms with Gasteiger partial charge in [0.2, 0.25) is 5.95 Å². The van der Waals surface area contributed by atoms with Gasteiger partial charge in [0.05, 0.1) is 16.9 Å². The smallest absolute Gasteiger partial charge is 0.250 e. The first-order chi connectivity index (χ1) is 12.8. The van der Waals surface area contributed by atoms with E-state index >= 15 is 0 Å². The van der Waals surface area contributed by atoms with Gasteiger partial charge in [-0.2, -0.15) is 4.39 Å². The number of amides is 1. The maximum absolute atomic E-state index is 14.6. The number of hydrogen-bond acceptors (Lipinski definition) is 4. The van der Waals surface area contributed by atoms with Gasteiger partial charge < -0.3 is 16.4 Å². The second-order valence-electron chi connectivity index (χ2n) is 7.10. The highest BCUT2D eigenvalue weighted by Gasteiger charge is 2.28. The molecule has 1 amide bonds. The summed E-state index contributed by atoms with van der Waals surface area (Å²) in [5.41, 5.74) is 5.58. The second kappa shape index (κ2) is 7.48. The Bertz CT molecular complexity index is 868. The molecule has 1 fully saturated rings. The van der Waals surface area contributed by atoms with E-state index in [4.69, 9.17) is 11.1 Å². The lowest BCUT2D eigenvalue weighted by Crippen LogP contribution is -2.43. The van der Waals surface area contributed by atoms with Crippen LogP contribution in [0.25, 0.3) is 0 Å². The Morgan fingerprint density at radius 1 is 1.30 bits per heavy atom. The topological polar surface area (TPSA) is 91.0 Å². The summed E-state index contributed by atoms with van der Waals surface area (Å²) in [7, 11) is 2.19. The molecule has 0 spiro atoms. The summed E-state index contributed by atoms with van der Waals surface area (Å²) in [4.78, 5) is 11.3. The third-order valence-corrected chi connectivity index (χ3v) is 5.04. The molecule has 1 aromatic rings. The number of rotatable bonds is 4. The number of benzene rings is 1. The van der Waals surface area contributed by atoms with Crippen LogP contribution in [0.15, 0.2) is 59.3 Å². The van der Waals surface area contributed by atoms with E-state index in [9.17, 15) is 13.6 Å². The summed E-state index contributed by atoms with van der Waals surface area (Å²) >= 11 is 0. The number of hydrogen-bond donors (Lipinski definition) is 4. The van der Waals surface area contributed by atoms with Crippen LogP contribution in [-0.4, -0.2) is 32.6 Å². The molecule has 0 saturated carbocycles. The number of allylic oxidation sites excluding steroid dienone is 4. The number of piperidine rings is 1. The van der Waals surface area contributed by atoms with E-state index in [1.165, 1.54) is 0 Å². The monoisotopic (exact) mass is 370 g/mol. The molecule has 5 nitrogen and oxygen atoms in total. The van der Waals surface area contributed by atoms with E-state index in [0.29, 0.717) is 5.69 Å². The molecule has 0 bridgehead atoms. The molecule has 1 unspecified atom stereocenters. The van der Waals surface area contributed by atoms with Gasteiger partial charge in [0.25, 0.3) is 5.91 Å². The summed E-state index contributed by atoms with van der Waals surface area (Å²) in [6, 6.07) is 7.36. The van der Waals surface area contributed by atoms with Gasteiger partial charge in [0, 0.05) is 5.69 Å². The molecule has 1 heterocycles. The minimum Gasteiger partial charge on any atom is -0.366 e. The lowest BCUT2D eigenvalue weighted by atomic mass is 9.60. The molecule has 1 aromatic carbocycles. The van der Waals surface area contributed by atoms with Gasteiger partial charge in [-0.15, -0.1) is 0 Å². The van der Waals surface area contributed by atoms with Crippen molar-refractivity contribution >= 4 is 25.2 Å². The molecule has 0 radical (unpaired) electrons. The lowest BCUT2D eigenvalue weighted by Gasteiger charge is -2.35. The third-order valence-electron chi connectivity index (χ3n) is 5.04. The molecule has 2 aliphatic rings. The molecule has 8 heteroatoms. The van der Waals surface area contributed by atoms with Crippen molar-refractivity contribution in [2.75, 3.05) is 18.4 Å². The maximum Gasteiger partial charge on any atom is 0.250 e. The zero-order valence-electron chi connectivity index (χ0n) is 15.0. The summed E-state index contributed by atoms with van der Waals surface area (Å²) in [6.07, 6.45) is 3.87. The highest BCUT2D eigenvalue weighted by Crippen LogP contribution is 2.29. The Kier molecular flexibility index (Phi) is 5.27. The van der Waals surface area contributed by atoms with Crippen molar-refractivity contribution in [1.29, 1.82) is 5.41 Å². The normalized spacial score (nSPS) is 24.7. The number of anilines is 1. The Balaban J connectivity index is 1.81. The number of halogens is 2. The third kappa shape index (κ3) is 4.00. The van der Waals surface area contributed by atoms with Gasteiger partial charge in [0.15, 0.2) is 0 Å². The van der Waals surface area contributed by atoms with Crippen molar-refractivity contribution in [3.8, 4) is 0 Å². The van der Waals surface area contributed by atoms with E-state index in [1.54, 1.807) is 12.1 Å². The maximum atomic E-state index is 14.6. The van der Waals surface area contributed by atoms with Crippen molar-refractivity contribution < 1.29 is 13.6 Å². The molecular formula is C19H21BF2N4O. The molecule has 1 saturated heterocycles. The van der Waals surface area contributed by atoms with Crippen LogP contribution >= 0.6 is 0 Å². The van der Waals surface area contributed by atoms with Crippen LogP contribution in [0.2, 0.25) is 0 Å². The number of carbonyl (C=O) groups excluding carboxylic acids is 1. The SMILES string of the molecule is BC1(c2ccc(N/C(F)=C3/C=C(F)C=C(C(N)=O)C3=N)cc2)CCCNC1. The Hall–Kier alpha value is -2.74. The minimum absolute atomic E-state index is 0.0341. The van der Waals surface area contributed by atoms with Crippen molar-refractivity contribution in [3.63, 3.8) is 0 Å². The summed E-state index contributed by atoms with van der Waals surface area (Å²) in [6.45, 7) is 1.91. The van der Waals surface area contributed by atoms with Crippen LogP contribution in [-0.2, 0) is 10.1 Å². The van der Waals surface area contributed by atoms with E-state index in [0.717, 1.165) is 43.6 Å². The van der Waals surface area contributed by atoms with E-state index in [-0.39, 0.29) is 16.5 Å². The Labute approximate surface area is 157 Å². The second-order valence-corrected chi connectivity index (χ2v) is 7.10. The van der Waals surface area contributed by atoms with Crippen LogP contribution < -0.4 is 16.4 Å². The van der Waals surface area contributed by atoms with Gasteiger partial charge in [-0.3, -0.25) is 10.2 Å². The van der Waals surface area contributed by atoms with Crippen LogP contribution in [0.1, 0.15) is 18.4 Å². The Morgan fingerprint density at radius 2 is 2.00 bits per heavy atom. The van der Waals surface area contributed by atoms with Crippen LogP contribution in [0.3, 0.4) is 0 Å². The molecular weight excluding hydrogens is 349 g/mol. The molecule has 0 aromatic heterocycles. The number of nitrogens with two attached hydrogens (primary N) is 1. The van der Waals surface area contributed by atoms with E-state index in [1.807, 2.05) is 12.1 Å². The molecule has 1 atom stereocenters. The zero-order valence-corrected chi connectivity index (χ0v) is 15.0. The summed E-state index contributed by atoms with van der Waals surface area (Å²) in [5.74, 6) is -2.73. The van der Waals surface area contributed by atoms with Gasteiger partial charge in [0.1, 0.15) is 13.7 Å². The first-order valence-corrected chi connectivity index (χ1v) is 8.76. The predicted molar refractivity (Wildman–Crippen MR) is 105 cm³/mol. The average molecular weight is 370 g/mol. The Morgan fingerprint density at radius 3 is 2.59 bits per heavy atom. The minimum atomic E-state index is -0.979. The van der Waals surface area contributed by atoms with Gasteiger partial charge >= 0.3 is 0 Å². The van der Waals surface area contributed by atoms with Crippen LogP contribution in [0.4, 0.5) is 14.5 Å². The molecule has 3 rings (SSSR count). The van der Waals surface area contributed by atoms with Gasteiger partial charge in [-0.25, -0.2) is 4.39 Å². The fourth-order valence-corrected chi connectivity index (χ4v) is 3.43. The lowest BCUT2D eigenvalue weighted by molar-refractivity contribution is -0.114. The average Bonchev–Trinajstić information content (AvgIpc) is 2.64. The standard InChI is InChI=1S/C19H21BF2N4O/c20-19(6-1-7-25-10-19)11-2-4-13(5-3-11)26-17(22)14-8-12(21)9-15(16(14)23)18(24)27/h2-5,8-9,23,25-26H,1,6-7,10,20H2,(H2,24,27)/b17-14-,23-16?. The first kappa shape index (κ1) is 19.0. The van der Waals surface area contributed by atoms with E-state index < -0.39 is 23.4 Å². The summed E-state index contributed by atoms with van der Waals surface area (Å²) < 4.78 is 28.3. The molecule has 27 heavy (non-hydrogen) atoms. The molecule has 140 valence electrons. The van der Waals surface area contributed by atoms with Crippen LogP contribution in [0.5, 0.6) is 0 Å². The summed E-state index contributed by atoms with van der Waals surface area (Å²) in [5, 5.41) is 13.8. The quantitative estimate of drug-likeness (QED) is 0.481. The number of nitrogens with one attached hydrogen (secondary N) is 3. The molecule has 1 aliphatic carbocycles. The van der Waals surface area contributed by atoms with Crippen LogP contribution in [0, 0.1) is 5.41 Å². The number of carbonyl (C=O) groups is 1. The largest absolute Gasteiger partial charge is 0.366 e. The molecule has 1 aliphatic heterocycles.